The summed E-state index contributed by atoms with van der Waals surface area (Å²) in [5.41, 5.74) is 1.13. The summed E-state index contributed by atoms with van der Waals surface area (Å²) >= 11 is 0. The molecule has 212 valence electrons. The molecule has 0 atom stereocenters. The van der Waals surface area contributed by atoms with Gasteiger partial charge >= 0.3 is 12.3 Å². The fourth-order valence-electron chi connectivity index (χ4n) is 4.70. The zero-order valence-electron chi connectivity index (χ0n) is 23.9. The summed E-state index contributed by atoms with van der Waals surface area (Å²) in [4.78, 5) is 25.4. The SMILES string of the molecule is CCCCCCOC(=O)Oc1c2ccccc2c(OC(=O)OCCCCCC)c2cc(CCCCC)ccc12. The normalized spacial score (nSPS) is 11.1. The summed E-state index contributed by atoms with van der Waals surface area (Å²) in [5.74, 6) is 0.816. The van der Waals surface area contributed by atoms with Crippen LogP contribution in [0.1, 0.15) is 97.0 Å². The maximum Gasteiger partial charge on any atom is 0.513 e. The first-order valence-corrected chi connectivity index (χ1v) is 14.8. The van der Waals surface area contributed by atoms with E-state index in [1.165, 1.54) is 0 Å². The Bertz CT molecular complexity index is 1200. The van der Waals surface area contributed by atoms with Crippen LogP contribution in [-0.4, -0.2) is 25.5 Å². The van der Waals surface area contributed by atoms with Gasteiger partial charge in [-0.05, 0) is 37.3 Å². The Morgan fingerprint density at radius 2 is 1.05 bits per heavy atom. The average molecular weight is 537 g/mol. The lowest BCUT2D eigenvalue weighted by Crippen LogP contribution is -2.14. The summed E-state index contributed by atoms with van der Waals surface area (Å²) in [5, 5.41) is 2.72. The molecule has 0 aromatic heterocycles. The standard InChI is InChI=1S/C33H44O6/c1-4-7-10-15-22-36-32(34)38-30-26-18-13-14-19-27(26)31(39-33(35)37-23-16-11-8-5-2)29-24-25(17-12-9-6-3)20-21-28(29)30/h13-14,18-21,24H,4-12,15-17,22-23H2,1-3H3. The second-order valence-electron chi connectivity index (χ2n) is 10.1. The van der Waals surface area contributed by atoms with Crippen molar-refractivity contribution in [3.63, 3.8) is 0 Å². The largest absolute Gasteiger partial charge is 0.513 e. The molecule has 0 saturated carbocycles. The van der Waals surface area contributed by atoms with E-state index in [9.17, 15) is 9.59 Å². The van der Waals surface area contributed by atoms with E-state index in [0.717, 1.165) is 82.6 Å². The number of hydrogen-bond donors (Lipinski definition) is 0. The van der Waals surface area contributed by atoms with Gasteiger partial charge in [0, 0.05) is 21.5 Å². The van der Waals surface area contributed by atoms with Gasteiger partial charge in [0.05, 0.1) is 13.2 Å². The van der Waals surface area contributed by atoms with Crippen molar-refractivity contribution in [1.29, 1.82) is 0 Å². The number of benzene rings is 3. The molecule has 0 N–H and O–H groups in total. The smallest absolute Gasteiger partial charge is 0.434 e. The topological polar surface area (TPSA) is 71.1 Å². The van der Waals surface area contributed by atoms with Crippen molar-refractivity contribution in [2.24, 2.45) is 0 Å². The third kappa shape index (κ3) is 9.15. The van der Waals surface area contributed by atoms with Crippen LogP contribution in [0.5, 0.6) is 11.5 Å². The van der Waals surface area contributed by atoms with Crippen molar-refractivity contribution in [2.75, 3.05) is 13.2 Å². The Morgan fingerprint density at radius 3 is 1.59 bits per heavy atom. The Labute approximate surface area is 233 Å². The first-order chi connectivity index (χ1) is 19.1. The van der Waals surface area contributed by atoms with E-state index < -0.39 is 12.3 Å². The molecule has 0 radical (unpaired) electrons. The minimum absolute atomic E-state index is 0.321. The van der Waals surface area contributed by atoms with E-state index in [1.807, 2.05) is 42.5 Å². The zero-order chi connectivity index (χ0) is 27.9. The summed E-state index contributed by atoms with van der Waals surface area (Å²) in [6, 6.07) is 13.5. The predicted octanol–water partition coefficient (Wildman–Crippen LogP) is 9.92. The van der Waals surface area contributed by atoms with Crippen LogP contribution in [0.4, 0.5) is 9.59 Å². The Balaban J connectivity index is 1.94. The fourth-order valence-corrected chi connectivity index (χ4v) is 4.70. The van der Waals surface area contributed by atoms with Gasteiger partial charge in [-0.2, -0.15) is 0 Å². The van der Waals surface area contributed by atoms with Crippen molar-refractivity contribution in [3.05, 3.63) is 48.0 Å². The van der Waals surface area contributed by atoms with Crippen LogP contribution >= 0.6 is 0 Å². The third-order valence-electron chi connectivity index (χ3n) is 6.86. The predicted molar refractivity (Wildman–Crippen MR) is 157 cm³/mol. The molecule has 3 aromatic rings. The summed E-state index contributed by atoms with van der Waals surface area (Å²) in [7, 11) is 0. The van der Waals surface area contributed by atoms with E-state index >= 15 is 0 Å². The molecule has 0 unspecified atom stereocenters. The van der Waals surface area contributed by atoms with Crippen molar-refractivity contribution < 1.29 is 28.5 Å². The maximum absolute atomic E-state index is 12.7. The van der Waals surface area contributed by atoms with E-state index in [2.05, 4.69) is 20.8 Å². The summed E-state index contributed by atoms with van der Waals surface area (Å²) in [6.07, 6.45) is 10.9. The monoisotopic (exact) mass is 536 g/mol. The van der Waals surface area contributed by atoms with Crippen molar-refractivity contribution in [3.8, 4) is 11.5 Å². The molecule has 0 amide bonds. The molecule has 6 nitrogen and oxygen atoms in total. The zero-order valence-corrected chi connectivity index (χ0v) is 23.9. The van der Waals surface area contributed by atoms with Crippen molar-refractivity contribution >= 4 is 33.9 Å². The molecule has 0 aliphatic carbocycles. The highest BCUT2D eigenvalue weighted by Crippen LogP contribution is 2.43. The molecule has 0 aliphatic rings. The molecule has 0 bridgehead atoms. The lowest BCUT2D eigenvalue weighted by Gasteiger charge is -2.17. The molecule has 3 aromatic carbocycles. The molecule has 6 heteroatoms. The first kappa shape index (κ1) is 30.3. The molecule has 0 fully saturated rings. The molecule has 0 aliphatic heterocycles. The Kier molecular flexibility index (Phi) is 12.9. The molecule has 0 heterocycles. The van der Waals surface area contributed by atoms with E-state index in [4.69, 9.17) is 18.9 Å². The summed E-state index contributed by atoms with van der Waals surface area (Å²) in [6.45, 7) is 7.10. The van der Waals surface area contributed by atoms with Gasteiger partial charge in [0.15, 0.2) is 0 Å². The van der Waals surface area contributed by atoms with Crippen molar-refractivity contribution in [2.45, 2.75) is 97.8 Å². The molecular weight excluding hydrogens is 492 g/mol. The van der Waals surface area contributed by atoms with Crippen LogP contribution in [0, 0.1) is 0 Å². The van der Waals surface area contributed by atoms with E-state index in [-0.39, 0.29) is 0 Å². The molecule has 0 spiro atoms. The Hall–Kier alpha value is -3.28. The van der Waals surface area contributed by atoms with Crippen LogP contribution in [-0.2, 0) is 15.9 Å². The van der Waals surface area contributed by atoms with E-state index in [1.54, 1.807) is 0 Å². The van der Waals surface area contributed by atoms with Crippen LogP contribution in [0.2, 0.25) is 0 Å². The van der Waals surface area contributed by atoms with Gasteiger partial charge < -0.3 is 18.9 Å². The number of fused-ring (bicyclic) bond motifs is 2. The molecule has 3 rings (SSSR count). The second kappa shape index (κ2) is 16.6. The van der Waals surface area contributed by atoms with Crippen molar-refractivity contribution in [1.82, 2.24) is 0 Å². The van der Waals surface area contributed by atoms with Gasteiger partial charge in [-0.1, -0.05) is 109 Å². The van der Waals surface area contributed by atoms with Gasteiger partial charge in [0.1, 0.15) is 11.5 Å². The van der Waals surface area contributed by atoms with Gasteiger partial charge in [-0.15, -0.1) is 0 Å². The van der Waals surface area contributed by atoms with E-state index in [0.29, 0.717) is 46.3 Å². The maximum atomic E-state index is 12.7. The number of aryl methyl sites for hydroxylation is 1. The van der Waals surface area contributed by atoms with Crippen LogP contribution in [0.25, 0.3) is 21.5 Å². The number of carbonyl (C=O) groups excluding carboxylic acids is 2. The molecule has 39 heavy (non-hydrogen) atoms. The number of hydrogen-bond acceptors (Lipinski definition) is 6. The van der Waals surface area contributed by atoms with Gasteiger partial charge in [-0.25, -0.2) is 9.59 Å². The number of rotatable bonds is 16. The third-order valence-corrected chi connectivity index (χ3v) is 6.86. The fraction of sp³-hybridized carbons (Fsp3) is 0.515. The van der Waals surface area contributed by atoms with Crippen LogP contribution < -0.4 is 9.47 Å². The minimum atomic E-state index is -0.731. The number of unbranched alkanes of at least 4 members (excludes halogenated alkanes) is 8. The quantitative estimate of drug-likeness (QED) is 0.0785. The highest BCUT2D eigenvalue weighted by atomic mass is 16.7. The van der Waals surface area contributed by atoms with Crippen LogP contribution in [0.15, 0.2) is 42.5 Å². The average Bonchev–Trinajstić information content (AvgIpc) is 2.94. The Morgan fingerprint density at radius 1 is 0.564 bits per heavy atom. The van der Waals surface area contributed by atoms with Crippen LogP contribution in [0.3, 0.4) is 0 Å². The highest BCUT2D eigenvalue weighted by Gasteiger charge is 2.21. The number of carbonyl (C=O) groups is 2. The lowest BCUT2D eigenvalue weighted by atomic mass is 9.97. The van der Waals surface area contributed by atoms with Gasteiger partial charge in [0.25, 0.3) is 0 Å². The summed E-state index contributed by atoms with van der Waals surface area (Å²) < 4.78 is 22.5. The first-order valence-electron chi connectivity index (χ1n) is 14.8. The highest BCUT2D eigenvalue weighted by molar-refractivity contribution is 6.12. The number of ether oxygens (including phenoxy) is 4. The second-order valence-corrected chi connectivity index (χ2v) is 10.1. The minimum Gasteiger partial charge on any atom is -0.434 e. The lowest BCUT2D eigenvalue weighted by molar-refractivity contribution is 0.0965. The van der Waals surface area contributed by atoms with Gasteiger partial charge in [-0.3, -0.25) is 0 Å². The molecular formula is C33H44O6. The van der Waals surface area contributed by atoms with Gasteiger partial charge in [0.2, 0.25) is 0 Å². The molecule has 0 saturated heterocycles.